The summed E-state index contributed by atoms with van der Waals surface area (Å²) in [5, 5.41) is 2.75. The minimum absolute atomic E-state index is 0.262. The maximum Gasteiger partial charge on any atom is 0.337 e. The maximum absolute atomic E-state index is 12.2. The van der Waals surface area contributed by atoms with Crippen molar-refractivity contribution in [3.63, 3.8) is 0 Å². The van der Waals surface area contributed by atoms with Crippen LogP contribution in [0.1, 0.15) is 32.1 Å². The Bertz CT molecular complexity index is 696. The number of hydrogen-bond donors (Lipinski definition) is 1. The van der Waals surface area contributed by atoms with E-state index in [1.165, 1.54) is 7.11 Å². The first-order valence-corrected chi connectivity index (χ1v) is 6.45. The van der Waals surface area contributed by atoms with Crippen LogP contribution in [-0.4, -0.2) is 24.0 Å². The SMILES string of the molecule is COC(=O)c1cccc(NC(=O)c2ccc(C)nc2C)c1. The summed E-state index contributed by atoms with van der Waals surface area (Å²) in [7, 11) is 1.31. The second kappa shape index (κ2) is 6.17. The van der Waals surface area contributed by atoms with Crippen molar-refractivity contribution >= 4 is 17.6 Å². The van der Waals surface area contributed by atoms with Crippen molar-refractivity contribution in [2.75, 3.05) is 12.4 Å². The lowest BCUT2D eigenvalue weighted by atomic mass is 10.1. The molecule has 1 N–H and O–H groups in total. The number of carbonyl (C=O) groups excluding carboxylic acids is 2. The van der Waals surface area contributed by atoms with Gasteiger partial charge in [-0.15, -0.1) is 0 Å². The fraction of sp³-hybridized carbons (Fsp3) is 0.188. The molecule has 0 bridgehead atoms. The van der Waals surface area contributed by atoms with Crippen LogP contribution in [-0.2, 0) is 4.74 Å². The van der Waals surface area contributed by atoms with Gasteiger partial charge in [-0.2, -0.15) is 0 Å². The normalized spacial score (nSPS) is 10.0. The van der Waals surface area contributed by atoms with Gasteiger partial charge >= 0.3 is 5.97 Å². The standard InChI is InChI=1S/C16H16N2O3/c1-10-7-8-14(11(2)17-10)15(19)18-13-6-4-5-12(9-13)16(20)21-3/h4-9H,1-3H3,(H,18,19). The summed E-state index contributed by atoms with van der Waals surface area (Å²) in [6.45, 7) is 3.65. The van der Waals surface area contributed by atoms with Crippen LogP contribution >= 0.6 is 0 Å². The van der Waals surface area contributed by atoms with Crippen molar-refractivity contribution in [1.29, 1.82) is 0 Å². The quantitative estimate of drug-likeness (QED) is 0.880. The lowest BCUT2D eigenvalue weighted by Gasteiger charge is -2.08. The van der Waals surface area contributed by atoms with Gasteiger partial charge in [0.15, 0.2) is 0 Å². The van der Waals surface area contributed by atoms with Crippen LogP contribution in [0, 0.1) is 13.8 Å². The molecular weight excluding hydrogens is 268 g/mol. The summed E-state index contributed by atoms with van der Waals surface area (Å²) in [6.07, 6.45) is 0. The Kier molecular flexibility index (Phi) is 4.33. The number of ether oxygens (including phenoxy) is 1. The van der Waals surface area contributed by atoms with Crippen LogP contribution < -0.4 is 5.32 Å². The Hall–Kier alpha value is -2.69. The smallest absolute Gasteiger partial charge is 0.337 e. The minimum Gasteiger partial charge on any atom is -0.465 e. The van der Waals surface area contributed by atoms with Crippen molar-refractivity contribution in [3.05, 3.63) is 58.9 Å². The molecule has 5 nitrogen and oxygen atoms in total. The zero-order valence-electron chi connectivity index (χ0n) is 12.1. The molecule has 1 heterocycles. The van der Waals surface area contributed by atoms with Crippen molar-refractivity contribution in [1.82, 2.24) is 4.98 Å². The number of aromatic nitrogens is 1. The van der Waals surface area contributed by atoms with Gasteiger partial charge in [-0.1, -0.05) is 6.07 Å². The Labute approximate surface area is 123 Å². The van der Waals surface area contributed by atoms with Crippen LogP contribution in [0.3, 0.4) is 0 Å². The lowest BCUT2D eigenvalue weighted by molar-refractivity contribution is 0.0600. The predicted molar refractivity (Wildman–Crippen MR) is 79.4 cm³/mol. The van der Waals surface area contributed by atoms with E-state index in [0.717, 1.165) is 5.69 Å². The molecule has 0 saturated carbocycles. The highest BCUT2D eigenvalue weighted by molar-refractivity contribution is 6.05. The van der Waals surface area contributed by atoms with E-state index >= 15 is 0 Å². The number of pyridine rings is 1. The summed E-state index contributed by atoms with van der Waals surface area (Å²) in [5.74, 6) is -0.707. The average Bonchev–Trinajstić information content (AvgIpc) is 2.46. The predicted octanol–water partition coefficient (Wildman–Crippen LogP) is 2.74. The molecule has 108 valence electrons. The molecule has 0 spiro atoms. The topological polar surface area (TPSA) is 68.3 Å². The molecule has 0 radical (unpaired) electrons. The Morgan fingerprint density at radius 3 is 2.57 bits per heavy atom. The molecule has 1 aromatic heterocycles. The first kappa shape index (κ1) is 14.7. The van der Waals surface area contributed by atoms with Crippen molar-refractivity contribution in [2.45, 2.75) is 13.8 Å². The fourth-order valence-corrected chi connectivity index (χ4v) is 1.97. The molecule has 2 rings (SSSR count). The van der Waals surface area contributed by atoms with Gasteiger partial charge in [0.1, 0.15) is 0 Å². The summed E-state index contributed by atoms with van der Waals surface area (Å²) < 4.78 is 4.65. The summed E-state index contributed by atoms with van der Waals surface area (Å²) in [6, 6.07) is 10.1. The molecule has 0 aliphatic rings. The number of aryl methyl sites for hydroxylation is 2. The van der Waals surface area contributed by atoms with E-state index < -0.39 is 5.97 Å². The maximum atomic E-state index is 12.2. The van der Waals surface area contributed by atoms with Crippen molar-refractivity contribution < 1.29 is 14.3 Å². The number of nitrogens with zero attached hydrogens (tertiary/aromatic N) is 1. The first-order valence-electron chi connectivity index (χ1n) is 6.45. The van der Waals surface area contributed by atoms with E-state index in [1.807, 2.05) is 6.92 Å². The molecule has 0 unspecified atom stereocenters. The van der Waals surface area contributed by atoms with E-state index in [2.05, 4.69) is 15.0 Å². The minimum atomic E-state index is -0.445. The number of nitrogens with one attached hydrogen (secondary N) is 1. The van der Waals surface area contributed by atoms with Gasteiger partial charge in [-0.05, 0) is 44.2 Å². The van der Waals surface area contributed by atoms with E-state index in [4.69, 9.17) is 0 Å². The molecule has 5 heteroatoms. The molecule has 0 aliphatic carbocycles. The average molecular weight is 284 g/mol. The third-order valence-corrected chi connectivity index (χ3v) is 3.01. The first-order chi connectivity index (χ1) is 10.0. The third-order valence-electron chi connectivity index (χ3n) is 3.01. The number of methoxy groups -OCH3 is 1. The number of carbonyl (C=O) groups is 2. The van der Waals surface area contributed by atoms with Crippen LogP contribution in [0.25, 0.3) is 0 Å². The van der Waals surface area contributed by atoms with E-state index in [1.54, 1.807) is 43.3 Å². The van der Waals surface area contributed by atoms with Crippen LogP contribution in [0.2, 0.25) is 0 Å². The number of rotatable bonds is 3. The van der Waals surface area contributed by atoms with Crippen LogP contribution in [0.5, 0.6) is 0 Å². The highest BCUT2D eigenvalue weighted by Gasteiger charge is 2.12. The molecule has 21 heavy (non-hydrogen) atoms. The monoisotopic (exact) mass is 284 g/mol. The van der Waals surface area contributed by atoms with Gasteiger partial charge in [-0.25, -0.2) is 4.79 Å². The highest BCUT2D eigenvalue weighted by Crippen LogP contribution is 2.14. The van der Waals surface area contributed by atoms with Crippen molar-refractivity contribution in [2.24, 2.45) is 0 Å². The number of esters is 1. The number of benzene rings is 1. The van der Waals surface area contributed by atoms with Gasteiger partial charge in [0.25, 0.3) is 5.91 Å². The molecular formula is C16H16N2O3. The lowest BCUT2D eigenvalue weighted by Crippen LogP contribution is -2.14. The van der Waals surface area contributed by atoms with Gasteiger partial charge in [0.05, 0.1) is 23.9 Å². The number of hydrogen-bond acceptors (Lipinski definition) is 4. The zero-order chi connectivity index (χ0) is 15.4. The van der Waals surface area contributed by atoms with Crippen LogP contribution in [0.15, 0.2) is 36.4 Å². The second-order valence-corrected chi connectivity index (χ2v) is 4.61. The molecule has 1 aromatic carbocycles. The van der Waals surface area contributed by atoms with E-state index in [-0.39, 0.29) is 5.91 Å². The number of amides is 1. The molecule has 0 atom stereocenters. The highest BCUT2D eigenvalue weighted by atomic mass is 16.5. The zero-order valence-corrected chi connectivity index (χ0v) is 12.1. The molecule has 0 aliphatic heterocycles. The summed E-state index contributed by atoms with van der Waals surface area (Å²) in [4.78, 5) is 28.0. The Balaban J connectivity index is 2.21. The Morgan fingerprint density at radius 2 is 1.90 bits per heavy atom. The largest absolute Gasteiger partial charge is 0.465 e. The van der Waals surface area contributed by atoms with Crippen molar-refractivity contribution in [3.8, 4) is 0 Å². The second-order valence-electron chi connectivity index (χ2n) is 4.61. The van der Waals surface area contributed by atoms with Gasteiger partial charge in [-0.3, -0.25) is 9.78 Å². The number of anilines is 1. The van der Waals surface area contributed by atoms with Gasteiger partial charge < -0.3 is 10.1 Å². The molecule has 1 amide bonds. The van der Waals surface area contributed by atoms with Gasteiger partial charge in [0, 0.05) is 11.4 Å². The van der Waals surface area contributed by atoms with Gasteiger partial charge in [0.2, 0.25) is 0 Å². The molecule has 0 fully saturated rings. The van der Waals surface area contributed by atoms with Crippen LogP contribution in [0.4, 0.5) is 5.69 Å². The summed E-state index contributed by atoms with van der Waals surface area (Å²) >= 11 is 0. The molecule has 2 aromatic rings. The molecule has 0 saturated heterocycles. The van der Waals surface area contributed by atoms with E-state index in [0.29, 0.717) is 22.5 Å². The third kappa shape index (κ3) is 3.45. The summed E-state index contributed by atoms with van der Waals surface area (Å²) in [5.41, 5.74) is 2.94. The Morgan fingerprint density at radius 1 is 1.14 bits per heavy atom. The van der Waals surface area contributed by atoms with E-state index in [9.17, 15) is 9.59 Å². The fourth-order valence-electron chi connectivity index (χ4n) is 1.97.